The Morgan fingerprint density at radius 1 is 1.33 bits per heavy atom. The first-order valence-corrected chi connectivity index (χ1v) is 8.39. The highest BCUT2D eigenvalue weighted by Crippen LogP contribution is 2.19. The van der Waals surface area contributed by atoms with Crippen LogP contribution in [0.2, 0.25) is 0 Å². The number of benzene rings is 1. The number of thiophene rings is 1. The van der Waals surface area contributed by atoms with Gasteiger partial charge in [-0.1, -0.05) is 0 Å². The average Bonchev–Trinajstić information content (AvgIpc) is 2.91. The van der Waals surface area contributed by atoms with Crippen molar-refractivity contribution in [2.24, 2.45) is 0 Å². The van der Waals surface area contributed by atoms with Crippen LogP contribution < -0.4 is 10.0 Å². The summed E-state index contributed by atoms with van der Waals surface area (Å²) in [5, 5.41) is 5.94. The molecule has 112 valence electrons. The molecule has 0 aliphatic heterocycles. The van der Waals surface area contributed by atoms with Crippen molar-refractivity contribution >= 4 is 33.0 Å². The third-order valence-electron chi connectivity index (χ3n) is 2.61. The van der Waals surface area contributed by atoms with Gasteiger partial charge in [-0.25, -0.2) is 17.5 Å². The van der Waals surface area contributed by atoms with Gasteiger partial charge in [0.15, 0.2) is 0 Å². The molecule has 21 heavy (non-hydrogen) atoms. The first-order chi connectivity index (χ1) is 9.88. The monoisotopic (exact) mass is 328 g/mol. The van der Waals surface area contributed by atoms with Crippen molar-refractivity contribution in [1.82, 2.24) is 4.72 Å². The van der Waals surface area contributed by atoms with Gasteiger partial charge in [0, 0.05) is 13.5 Å². The van der Waals surface area contributed by atoms with Crippen molar-refractivity contribution in [3.05, 3.63) is 46.4 Å². The zero-order valence-corrected chi connectivity index (χ0v) is 12.7. The minimum Gasteiger partial charge on any atom is -0.324 e. The SMILES string of the molecule is CC(=O)Nc1ccc(S(=O)(=O)NCc2ccsc2)cc1F. The van der Waals surface area contributed by atoms with Crippen LogP contribution >= 0.6 is 11.3 Å². The number of rotatable bonds is 5. The highest BCUT2D eigenvalue weighted by molar-refractivity contribution is 7.89. The molecule has 1 aromatic heterocycles. The molecule has 1 heterocycles. The lowest BCUT2D eigenvalue weighted by molar-refractivity contribution is -0.114. The number of carbonyl (C=O) groups is 1. The second-order valence-electron chi connectivity index (χ2n) is 4.28. The lowest BCUT2D eigenvalue weighted by atomic mass is 10.3. The molecule has 1 aromatic carbocycles. The number of hydrogen-bond donors (Lipinski definition) is 2. The summed E-state index contributed by atoms with van der Waals surface area (Å²) in [5.41, 5.74) is 0.776. The van der Waals surface area contributed by atoms with Crippen LogP contribution in [-0.4, -0.2) is 14.3 Å². The molecule has 0 spiro atoms. The lowest BCUT2D eigenvalue weighted by Crippen LogP contribution is -2.23. The van der Waals surface area contributed by atoms with Crippen LogP contribution in [0.25, 0.3) is 0 Å². The van der Waals surface area contributed by atoms with Gasteiger partial charge in [-0.3, -0.25) is 4.79 Å². The Morgan fingerprint density at radius 3 is 2.67 bits per heavy atom. The molecule has 2 rings (SSSR count). The molecule has 0 saturated carbocycles. The Bertz CT molecular complexity index is 743. The van der Waals surface area contributed by atoms with E-state index in [4.69, 9.17) is 0 Å². The molecule has 0 fully saturated rings. The number of anilines is 1. The lowest BCUT2D eigenvalue weighted by Gasteiger charge is -2.08. The van der Waals surface area contributed by atoms with Crippen molar-refractivity contribution in [3.63, 3.8) is 0 Å². The summed E-state index contributed by atoms with van der Waals surface area (Å²) in [5.74, 6) is -1.23. The van der Waals surface area contributed by atoms with Gasteiger partial charge in [0.2, 0.25) is 15.9 Å². The third kappa shape index (κ3) is 4.10. The van der Waals surface area contributed by atoms with Gasteiger partial charge in [-0.15, -0.1) is 0 Å². The third-order valence-corrected chi connectivity index (χ3v) is 4.74. The van der Waals surface area contributed by atoms with Crippen molar-refractivity contribution in [2.45, 2.75) is 18.4 Å². The zero-order chi connectivity index (χ0) is 15.5. The molecule has 0 saturated heterocycles. The molecular formula is C13H13FN2O3S2. The van der Waals surface area contributed by atoms with Crippen LogP contribution in [0.3, 0.4) is 0 Å². The highest BCUT2D eigenvalue weighted by atomic mass is 32.2. The molecule has 0 aliphatic rings. The summed E-state index contributed by atoms with van der Waals surface area (Å²) >= 11 is 1.46. The molecular weight excluding hydrogens is 315 g/mol. The number of halogens is 1. The zero-order valence-electron chi connectivity index (χ0n) is 11.1. The van der Waals surface area contributed by atoms with E-state index in [9.17, 15) is 17.6 Å². The molecule has 0 aliphatic carbocycles. The van der Waals surface area contributed by atoms with Crippen LogP contribution in [0.5, 0.6) is 0 Å². The molecule has 2 aromatic rings. The first-order valence-electron chi connectivity index (χ1n) is 5.96. The molecule has 8 heteroatoms. The fraction of sp³-hybridized carbons (Fsp3) is 0.154. The van der Waals surface area contributed by atoms with Crippen LogP contribution in [0.4, 0.5) is 10.1 Å². The minimum atomic E-state index is -3.80. The number of carbonyl (C=O) groups excluding carboxylic acids is 1. The standard InChI is InChI=1S/C13H13FN2O3S2/c1-9(17)16-13-3-2-11(6-12(13)14)21(18,19)15-7-10-4-5-20-8-10/h2-6,8,15H,7H2,1H3,(H,16,17). The van der Waals surface area contributed by atoms with Crippen LogP contribution in [-0.2, 0) is 21.4 Å². The summed E-state index contributed by atoms with van der Waals surface area (Å²) in [6.07, 6.45) is 0. The van der Waals surface area contributed by atoms with Crippen molar-refractivity contribution in [2.75, 3.05) is 5.32 Å². The van der Waals surface area contributed by atoms with Crippen LogP contribution in [0, 0.1) is 5.82 Å². The van der Waals surface area contributed by atoms with Gasteiger partial charge in [-0.2, -0.15) is 11.3 Å². The topological polar surface area (TPSA) is 75.3 Å². The Kier molecular flexibility index (Phi) is 4.71. The van der Waals surface area contributed by atoms with Gasteiger partial charge >= 0.3 is 0 Å². The number of amides is 1. The quantitative estimate of drug-likeness (QED) is 0.884. The van der Waals surface area contributed by atoms with E-state index >= 15 is 0 Å². The van der Waals surface area contributed by atoms with Gasteiger partial charge in [0.05, 0.1) is 10.6 Å². The Morgan fingerprint density at radius 2 is 2.10 bits per heavy atom. The van der Waals surface area contributed by atoms with Crippen molar-refractivity contribution in [1.29, 1.82) is 0 Å². The van der Waals surface area contributed by atoms with E-state index in [-0.39, 0.29) is 17.1 Å². The van der Waals surface area contributed by atoms with E-state index in [0.717, 1.165) is 11.6 Å². The molecule has 0 bridgehead atoms. The predicted octanol–water partition coefficient (Wildman–Crippen LogP) is 2.32. The van der Waals surface area contributed by atoms with Gasteiger partial charge in [0.1, 0.15) is 5.82 Å². The average molecular weight is 328 g/mol. The summed E-state index contributed by atoms with van der Waals surface area (Å²) in [6, 6.07) is 5.13. The van der Waals surface area contributed by atoms with E-state index < -0.39 is 21.7 Å². The van der Waals surface area contributed by atoms with Gasteiger partial charge < -0.3 is 5.32 Å². The second kappa shape index (κ2) is 6.33. The van der Waals surface area contributed by atoms with Crippen molar-refractivity contribution < 1.29 is 17.6 Å². The maximum absolute atomic E-state index is 13.7. The smallest absolute Gasteiger partial charge is 0.240 e. The summed E-state index contributed by atoms with van der Waals surface area (Å²) in [4.78, 5) is 10.7. The fourth-order valence-electron chi connectivity index (χ4n) is 1.61. The highest BCUT2D eigenvalue weighted by Gasteiger charge is 2.16. The normalized spacial score (nSPS) is 11.3. The van der Waals surface area contributed by atoms with Crippen LogP contribution in [0.15, 0.2) is 39.9 Å². The fourth-order valence-corrected chi connectivity index (χ4v) is 3.31. The van der Waals surface area contributed by atoms with E-state index in [1.807, 2.05) is 10.8 Å². The van der Waals surface area contributed by atoms with Crippen LogP contribution in [0.1, 0.15) is 12.5 Å². The van der Waals surface area contributed by atoms with E-state index in [2.05, 4.69) is 10.0 Å². The molecule has 2 N–H and O–H groups in total. The number of hydrogen-bond acceptors (Lipinski definition) is 4. The molecule has 1 amide bonds. The Hall–Kier alpha value is -1.77. The predicted molar refractivity (Wildman–Crippen MR) is 79.0 cm³/mol. The number of sulfonamides is 1. The summed E-state index contributed by atoms with van der Waals surface area (Å²) in [7, 11) is -3.80. The summed E-state index contributed by atoms with van der Waals surface area (Å²) < 4.78 is 40.2. The molecule has 0 atom stereocenters. The Labute approximate surface area is 125 Å². The number of nitrogens with one attached hydrogen (secondary N) is 2. The van der Waals surface area contributed by atoms with E-state index in [1.165, 1.54) is 30.4 Å². The maximum Gasteiger partial charge on any atom is 0.240 e. The molecule has 5 nitrogen and oxygen atoms in total. The largest absolute Gasteiger partial charge is 0.324 e. The minimum absolute atomic E-state index is 0.0562. The second-order valence-corrected chi connectivity index (χ2v) is 6.83. The van der Waals surface area contributed by atoms with Gasteiger partial charge in [-0.05, 0) is 40.6 Å². The molecule has 0 radical (unpaired) electrons. The van der Waals surface area contributed by atoms with Gasteiger partial charge in [0.25, 0.3) is 0 Å². The summed E-state index contributed by atoms with van der Waals surface area (Å²) in [6.45, 7) is 1.38. The molecule has 0 unspecified atom stereocenters. The van der Waals surface area contributed by atoms with E-state index in [1.54, 1.807) is 6.07 Å². The van der Waals surface area contributed by atoms with E-state index in [0.29, 0.717) is 0 Å². The first kappa shape index (κ1) is 15.6. The van der Waals surface area contributed by atoms with Crippen molar-refractivity contribution in [3.8, 4) is 0 Å². The Balaban J connectivity index is 2.16. The maximum atomic E-state index is 13.7.